The van der Waals surface area contributed by atoms with Crippen LogP contribution in [0.3, 0.4) is 0 Å². The minimum Gasteiger partial charge on any atom is -0.294 e. The molecule has 3 rings (SSSR count). The largest absolute Gasteiger partial charge is 0.294 e. The molecule has 0 spiro atoms. The van der Waals surface area contributed by atoms with Crippen LogP contribution in [0.1, 0.15) is 26.8 Å². The summed E-state index contributed by atoms with van der Waals surface area (Å²) < 4.78 is 2.86. The number of ketones is 1. The lowest BCUT2D eigenvalue weighted by Crippen LogP contribution is -2.05. The molecule has 0 radical (unpaired) electrons. The van der Waals surface area contributed by atoms with Gasteiger partial charge in [0.05, 0.1) is 5.75 Å². The van der Waals surface area contributed by atoms with Gasteiger partial charge in [-0.15, -0.1) is 21.5 Å². The Kier molecular flexibility index (Phi) is 4.42. The van der Waals surface area contributed by atoms with Crippen LogP contribution in [0, 0.1) is 20.8 Å². The first-order chi connectivity index (χ1) is 10.6. The number of aryl methyl sites for hydroxylation is 2. The number of thioether (sulfide) groups is 1. The van der Waals surface area contributed by atoms with Crippen LogP contribution >= 0.6 is 34.4 Å². The Balaban J connectivity index is 1.80. The highest BCUT2D eigenvalue weighted by Crippen LogP contribution is 2.26. The number of hydrogen-bond acceptors (Lipinski definition) is 7. The van der Waals surface area contributed by atoms with Crippen molar-refractivity contribution in [3.05, 3.63) is 39.6 Å². The van der Waals surface area contributed by atoms with E-state index in [0.29, 0.717) is 5.75 Å². The zero-order valence-electron chi connectivity index (χ0n) is 12.4. The van der Waals surface area contributed by atoms with E-state index in [-0.39, 0.29) is 5.78 Å². The predicted octanol–water partition coefficient (Wildman–Crippen LogP) is 3.69. The van der Waals surface area contributed by atoms with Crippen molar-refractivity contribution >= 4 is 40.2 Å². The molecule has 0 fully saturated rings. The highest BCUT2D eigenvalue weighted by atomic mass is 32.2. The molecule has 0 N–H and O–H groups in total. The van der Waals surface area contributed by atoms with Crippen LogP contribution in [0.2, 0.25) is 0 Å². The van der Waals surface area contributed by atoms with Crippen LogP contribution in [-0.2, 0) is 0 Å². The maximum absolute atomic E-state index is 12.5. The number of carbonyl (C=O) groups is 1. The Morgan fingerprint density at radius 2 is 2.14 bits per heavy atom. The first-order valence-corrected chi connectivity index (χ1v) is 9.29. The number of aromatic nitrogens is 4. The normalized spacial score (nSPS) is 11.0. The Morgan fingerprint density at radius 1 is 1.32 bits per heavy atom. The quantitative estimate of drug-likeness (QED) is 0.519. The van der Waals surface area contributed by atoms with Crippen LogP contribution in [0.5, 0.6) is 0 Å². The Bertz CT molecular complexity index is 804. The van der Waals surface area contributed by atoms with E-state index < -0.39 is 0 Å². The van der Waals surface area contributed by atoms with Crippen molar-refractivity contribution in [2.24, 2.45) is 0 Å². The van der Waals surface area contributed by atoms with Crippen molar-refractivity contribution in [1.29, 1.82) is 0 Å². The first-order valence-electron chi connectivity index (χ1n) is 6.61. The van der Waals surface area contributed by atoms with E-state index in [9.17, 15) is 4.79 Å². The molecule has 0 saturated heterocycles. The maximum atomic E-state index is 12.5. The number of rotatable bonds is 5. The standard InChI is InChI=1S/C14H14N4OS3/c1-8-6-11(9(2)18(8)13-15-4-5-20-13)12(19)7-21-14-17-16-10(3)22-14/h4-6H,7H2,1-3H3. The molecule has 3 aromatic heterocycles. The highest BCUT2D eigenvalue weighted by Gasteiger charge is 2.18. The summed E-state index contributed by atoms with van der Waals surface area (Å²) in [7, 11) is 0. The van der Waals surface area contributed by atoms with Crippen molar-refractivity contribution in [2.75, 3.05) is 5.75 Å². The summed E-state index contributed by atoms with van der Waals surface area (Å²) >= 11 is 4.51. The molecule has 0 amide bonds. The van der Waals surface area contributed by atoms with Crippen molar-refractivity contribution in [3.63, 3.8) is 0 Å². The fourth-order valence-electron chi connectivity index (χ4n) is 2.21. The van der Waals surface area contributed by atoms with Gasteiger partial charge in [-0.05, 0) is 26.8 Å². The van der Waals surface area contributed by atoms with Crippen molar-refractivity contribution in [2.45, 2.75) is 25.1 Å². The summed E-state index contributed by atoms with van der Waals surface area (Å²) in [5.74, 6) is 0.477. The summed E-state index contributed by atoms with van der Waals surface area (Å²) in [6, 6.07) is 1.94. The molecule has 0 aliphatic carbocycles. The third kappa shape index (κ3) is 2.99. The topological polar surface area (TPSA) is 60.7 Å². The van der Waals surface area contributed by atoms with Gasteiger partial charge in [0, 0.05) is 28.5 Å². The second-order valence-electron chi connectivity index (χ2n) is 4.73. The van der Waals surface area contributed by atoms with E-state index in [1.165, 1.54) is 23.1 Å². The van der Waals surface area contributed by atoms with Gasteiger partial charge in [0.15, 0.2) is 15.3 Å². The number of thiazole rings is 1. The molecular formula is C14H14N4OS3. The molecule has 0 aromatic carbocycles. The van der Waals surface area contributed by atoms with Crippen molar-refractivity contribution in [1.82, 2.24) is 19.7 Å². The minimum absolute atomic E-state index is 0.105. The molecule has 8 heteroatoms. The van der Waals surface area contributed by atoms with Gasteiger partial charge in [-0.2, -0.15) is 0 Å². The second kappa shape index (κ2) is 6.31. The lowest BCUT2D eigenvalue weighted by molar-refractivity contribution is 0.102. The molecule has 0 atom stereocenters. The lowest BCUT2D eigenvalue weighted by atomic mass is 10.2. The molecule has 22 heavy (non-hydrogen) atoms. The van der Waals surface area contributed by atoms with E-state index in [1.54, 1.807) is 17.5 Å². The lowest BCUT2D eigenvalue weighted by Gasteiger charge is -2.05. The number of hydrogen-bond donors (Lipinski definition) is 0. The van der Waals surface area contributed by atoms with Gasteiger partial charge >= 0.3 is 0 Å². The molecule has 0 saturated carbocycles. The monoisotopic (exact) mass is 350 g/mol. The smallest absolute Gasteiger partial charge is 0.193 e. The summed E-state index contributed by atoms with van der Waals surface area (Å²) in [4.78, 5) is 16.8. The fraction of sp³-hybridized carbons (Fsp3) is 0.286. The Labute approximate surface area is 140 Å². The first kappa shape index (κ1) is 15.4. The van der Waals surface area contributed by atoms with Gasteiger partial charge < -0.3 is 0 Å². The van der Waals surface area contributed by atoms with Gasteiger partial charge in [-0.25, -0.2) is 4.98 Å². The number of nitrogens with zero attached hydrogens (tertiary/aromatic N) is 4. The third-order valence-corrected chi connectivity index (χ3v) is 5.90. The minimum atomic E-state index is 0.105. The Hall–Kier alpha value is -1.51. The van der Waals surface area contributed by atoms with Gasteiger partial charge in [0.1, 0.15) is 5.01 Å². The Morgan fingerprint density at radius 3 is 2.77 bits per heavy atom. The summed E-state index contributed by atoms with van der Waals surface area (Å²) in [5, 5.41) is 11.7. The van der Waals surface area contributed by atoms with Gasteiger partial charge in [0.2, 0.25) is 0 Å². The maximum Gasteiger partial charge on any atom is 0.193 e. The van der Waals surface area contributed by atoms with Crippen LogP contribution < -0.4 is 0 Å². The van der Waals surface area contributed by atoms with E-state index >= 15 is 0 Å². The van der Waals surface area contributed by atoms with Gasteiger partial charge in [0.25, 0.3) is 0 Å². The second-order valence-corrected chi connectivity index (χ2v) is 8.01. The molecule has 0 aliphatic heterocycles. The zero-order chi connectivity index (χ0) is 15.7. The molecular weight excluding hydrogens is 336 g/mol. The predicted molar refractivity (Wildman–Crippen MR) is 90.6 cm³/mol. The third-order valence-electron chi connectivity index (χ3n) is 3.18. The van der Waals surface area contributed by atoms with Crippen molar-refractivity contribution in [3.8, 4) is 5.13 Å². The molecule has 3 heterocycles. The highest BCUT2D eigenvalue weighted by molar-refractivity contribution is 8.01. The number of Topliss-reactive ketones (excluding diaryl/α,β-unsaturated/α-hetero) is 1. The van der Waals surface area contributed by atoms with Crippen LogP contribution in [-0.4, -0.2) is 31.3 Å². The van der Waals surface area contributed by atoms with E-state index in [1.807, 2.05) is 36.8 Å². The average Bonchev–Trinajstić information content (AvgIpc) is 3.18. The molecule has 114 valence electrons. The summed E-state index contributed by atoms with van der Waals surface area (Å²) in [6.07, 6.45) is 1.77. The SMILES string of the molecule is Cc1nnc(SCC(=O)c2cc(C)n(-c3nccs3)c2C)s1. The average molecular weight is 350 g/mol. The number of carbonyl (C=O) groups excluding carboxylic acids is 1. The molecule has 0 bridgehead atoms. The van der Waals surface area contributed by atoms with Crippen LogP contribution in [0.25, 0.3) is 5.13 Å². The molecule has 0 unspecified atom stereocenters. The van der Waals surface area contributed by atoms with E-state index in [2.05, 4.69) is 15.2 Å². The zero-order valence-corrected chi connectivity index (χ0v) is 14.8. The van der Waals surface area contributed by atoms with Gasteiger partial charge in [-0.3, -0.25) is 9.36 Å². The molecule has 5 nitrogen and oxygen atoms in total. The van der Waals surface area contributed by atoms with Crippen LogP contribution in [0.15, 0.2) is 22.0 Å². The van der Waals surface area contributed by atoms with Gasteiger partial charge in [-0.1, -0.05) is 23.1 Å². The van der Waals surface area contributed by atoms with E-state index in [0.717, 1.165) is 31.4 Å². The fourth-order valence-corrected chi connectivity index (χ4v) is 4.66. The summed E-state index contributed by atoms with van der Waals surface area (Å²) in [6.45, 7) is 5.86. The molecule has 0 aliphatic rings. The van der Waals surface area contributed by atoms with E-state index in [4.69, 9.17) is 0 Å². The summed E-state index contributed by atoms with van der Waals surface area (Å²) in [5.41, 5.74) is 2.71. The molecule has 3 aromatic rings. The van der Waals surface area contributed by atoms with Crippen LogP contribution in [0.4, 0.5) is 0 Å². The van der Waals surface area contributed by atoms with Crippen molar-refractivity contribution < 1.29 is 4.79 Å².